The second-order valence-electron chi connectivity index (χ2n) is 19.9. The van der Waals surface area contributed by atoms with E-state index in [-0.39, 0.29) is 0 Å². The number of aryl methyl sites for hydroxylation is 4. The van der Waals surface area contributed by atoms with Crippen LogP contribution in [0.3, 0.4) is 0 Å². The van der Waals surface area contributed by atoms with Crippen molar-refractivity contribution in [3.8, 4) is 67.3 Å². The second-order valence-corrected chi connectivity index (χ2v) is 22.7. The highest BCUT2D eigenvalue weighted by molar-refractivity contribution is 7.86. The first-order valence-corrected chi connectivity index (χ1v) is 28.8. The third-order valence-corrected chi connectivity index (χ3v) is 16.4. The highest BCUT2D eigenvalue weighted by Crippen LogP contribution is 2.47. The molecule has 0 atom stereocenters. The van der Waals surface area contributed by atoms with Gasteiger partial charge in [-0.1, -0.05) is 133 Å². The van der Waals surface area contributed by atoms with Gasteiger partial charge in [-0.25, -0.2) is 16.8 Å². The lowest BCUT2D eigenvalue weighted by atomic mass is 9.77. The van der Waals surface area contributed by atoms with Crippen LogP contribution in [-0.2, 0) is 84.7 Å². The Morgan fingerprint density at radius 1 is 0.346 bits per heavy atom. The van der Waals surface area contributed by atoms with E-state index in [9.17, 15) is 26.3 Å². The number of nitrogens with zero attached hydrogens (tertiary/aromatic N) is 2. The number of unbranched alkanes of at least 4 members (excludes halogenated alkanes) is 3. The summed E-state index contributed by atoms with van der Waals surface area (Å²) in [4.78, 5) is 0. The lowest BCUT2D eigenvalue weighted by Gasteiger charge is -2.28. The van der Waals surface area contributed by atoms with Crippen LogP contribution in [0.4, 0.5) is 26.3 Å². The summed E-state index contributed by atoms with van der Waals surface area (Å²) in [7, 11) is -12.2. The first-order valence-electron chi connectivity index (χ1n) is 26.0. The van der Waals surface area contributed by atoms with E-state index < -0.39 is 31.3 Å². The molecule has 12 rings (SSSR count). The predicted octanol–water partition coefficient (Wildman–Crippen LogP) is 13.0. The minimum absolute atomic E-state index is 1.03. The summed E-state index contributed by atoms with van der Waals surface area (Å²) < 4.78 is 123. The van der Waals surface area contributed by atoms with Gasteiger partial charge in [0.2, 0.25) is 22.8 Å². The van der Waals surface area contributed by atoms with Gasteiger partial charge in [-0.05, 0) is 122 Å². The summed E-state index contributed by atoms with van der Waals surface area (Å²) in [5.74, 6) is 0. The molecule has 0 radical (unpaired) electrons. The van der Waals surface area contributed by atoms with Crippen molar-refractivity contribution in [1.29, 1.82) is 0 Å². The Kier molecular flexibility index (Phi) is 15.4. The topological polar surface area (TPSA) is 122 Å². The quantitative estimate of drug-likeness (QED) is 0.0466. The van der Waals surface area contributed by atoms with Crippen molar-refractivity contribution in [3.05, 3.63) is 202 Å². The summed E-state index contributed by atoms with van der Waals surface area (Å²) in [6, 6.07) is 59.7. The number of pyridine rings is 2. The number of rotatable bonds is 9. The highest BCUT2D eigenvalue weighted by atomic mass is 32.2. The van der Waals surface area contributed by atoms with Gasteiger partial charge in [0.15, 0.2) is 20.2 Å². The number of hydrogen-bond donors (Lipinski definition) is 0. The first-order chi connectivity index (χ1) is 37.3. The van der Waals surface area contributed by atoms with Gasteiger partial charge in [-0.15, -0.1) is 0 Å². The van der Waals surface area contributed by atoms with E-state index >= 15 is 0 Å². The molecule has 2 heterocycles. The van der Waals surface area contributed by atoms with Gasteiger partial charge in [-0.3, -0.25) is 0 Å². The molecule has 0 spiro atoms. The number of alkyl halides is 6. The van der Waals surface area contributed by atoms with Gasteiger partial charge in [0.05, 0.1) is 0 Å². The molecular weight excluding hydrogens is 1050 g/mol. The average molecular weight is 1100 g/mol. The van der Waals surface area contributed by atoms with Crippen LogP contribution in [0.15, 0.2) is 158 Å². The van der Waals surface area contributed by atoms with Crippen LogP contribution < -0.4 is 9.13 Å². The molecule has 402 valence electrons. The molecule has 2 aromatic heterocycles. The summed E-state index contributed by atoms with van der Waals surface area (Å²) >= 11 is 0. The van der Waals surface area contributed by atoms with E-state index in [2.05, 4.69) is 167 Å². The Balaban J connectivity index is 0.000000377. The number of halogens is 6. The molecule has 6 aromatic carbocycles. The van der Waals surface area contributed by atoms with Crippen molar-refractivity contribution in [2.24, 2.45) is 0 Å². The number of fused-ring (bicyclic) bond motifs is 12. The monoisotopic (exact) mass is 1100 g/mol. The van der Waals surface area contributed by atoms with E-state index in [1.807, 2.05) is 0 Å². The van der Waals surface area contributed by atoms with Gasteiger partial charge in [0.25, 0.3) is 0 Å². The normalized spacial score (nSPS) is 14.0. The Morgan fingerprint density at radius 2 is 0.577 bits per heavy atom. The van der Waals surface area contributed by atoms with E-state index in [0.717, 1.165) is 77.3 Å². The van der Waals surface area contributed by atoms with Crippen LogP contribution in [0.5, 0.6) is 0 Å². The third kappa shape index (κ3) is 10.8. The Bertz CT molecular complexity index is 3390. The SMILES string of the molecule is O=S(=O)([O-])C(F)(F)F.O=S(=O)([O-])C(F)(F)F.c1ccc(-c2c3c([n+](CCCCCC[n+]4c5c(c(-c6ccccc6)c6c4-c4ccccc4CC6)CCc4ccccc4-5)c4c2CCc2ccccc2-4)-c2ccccc2CC3)cc1. The smallest absolute Gasteiger partial charge is 0.485 e. The maximum Gasteiger partial charge on any atom is 0.485 e. The van der Waals surface area contributed by atoms with Crippen molar-refractivity contribution < 1.29 is 61.4 Å². The molecule has 4 aliphatic rings. The molecule has 78 heavy (non-hydrogen) atoms. The van der Waals surface area contributed by atoms with Crippen LogP contribution in [0.25, 0.3) is 67.3 Å². The van der Waals surface area contributed by atoms with Crippen molar-refractivity contribution in [2.75, 3.05) is 0 Å². The van der Waals surface area contributed by atoms with Crippen molar-refractivity contribution in [2.45, 2.75) is 101 Å². The molecule has 0 N–H and O–H groups in total. The van der Waals surface area contributed by atoms with Gasteiger partial charge in [0.1, 0.15) is 13.1 Å². The summed E-state index contributed by atoms with van der Waals surface area (Å²) in [5.41, 5.74) is 18.2. The summed E-state index contributed by atoms with van der Waals surface area (Å²) in [5, 5.41) is 0. The zero-order chi connectivity index (χ0) is 55.0. The number of benzene rings is 6. The molecule has 0 saturated carbocycles. The molecule has 16 heteroatoms. The summed E-state index contributed by atoms with van der Waals surface area (Å²) in [6.07, 6.45) is 13.5. The second kappa shape index (κ2) is 22.0. The van der Waals surface area contributed by atoms with E-state index in [1.54, 1.807) is 22.3 Å². The molecule has 0 bridgehead atoms. The van der Waals surface area contributed by atoms with Gasteiger partial charge >= 0.3 is 11.0 Å². The molecule has 0 amide bonds. The van der Waals surface area contributed by atoms with E-state index in [4.69, 9.17) is 25.9 Å². The third-order valence-electron chi connectivity index (χ3n) is 15.3. The molecule has 0 unspecified atom stereocenters. The van der Waals surface area contributed by atoms with Crippen molar-refractivity contribution in [1.82, 2.24) is 0 Å². The minimum atomic E-state index is -6.09. The molecule has 0 fully saturated rings. The molecule has 0 aliphatic heterocycles. The van der Waals surface area contributed by atoms with Crippen molar-refractivity contribution in [3.63, 3.8) is 0 Å². The fourth-order valence-electron chi connectivity index (χ4n) is 12.1. The van der Waals surface area contributed by atoms with Crippen LogP contribution in [0.2, 0.25) is 0 Å². The minimum Gasteiger partial charge on any atom is -0.741 e. The Hall–Kier alpha value is -6.98. The molecular formula is C62H54F6N2O6S2. The Morgan fingerprint density at radius 3 is 0.821 bits per heavy atom. The lowest BCUT2D eigenvalue weighted by molar-refractivity contribution is -0.678. The van der Waals surface area contributed by atoms with Gasteiger partial charge < -0.3 is 9.11 Å². The Labute approximate surface area is 450 Å². The zero-order valence-electron chi connectivity index (χ0n) is 42.3. The van der Waals surface area contributed by atoms with E-state index in [1.165, 1.54) is 102 Å². The fraction of sp³-hybridized carbons (Fsp3) is 0.258. The fourth-order valence-corrected chi connectivity index (χ4v) is 12.1. The predicted molar refractivity (Wildman–Crippen MR) is 285 cm³/mol. The first kappa shape index (κ1) is 54.4. The van der Waals surface area contributed by atoms with Gasteiger partial charge in [-0.2, -0.15) is 35.5 Å². The van der Waals surface area contributed by atoms with Crippen LogP contribution >= 0.6 is 0 Å². The van der Waals surface area contributed by atoms with E-state index in [0.29, 0.717) is 0 Å². The molecule has 8 nitrogen and oxygen atoms in total. The lowest BCUT2D eigenvalue weighted by Crippen LogP contribution is -2.44. The number of aromatic nitrogens is 2. The molecule has 8 aromatic rings. The molecule has 0 saturated heterocycles. The van der Waals surface area contributed by atoms with Crippen molar-refractivity contribution >= 4 is 20.2 Å². The maximum absolute atomic E-state index is 10.7. The average Bonchev–Trinajstić information content (AvgIpc) is 3.61. The van der Waals surface area contributed by atoms with Gasteiger partial charge in [0, 0.05) is 68.5 Å². The summed E-state index contributed by atoms with van der Waals surface area (Å²) in [6.45, 7) is 2.07. The maximum atomic E-state index is 10.7. The standard InChI is InChI=1S/C60H54N2.2CHF3O3S/c1(17-39-61-57-47-27-13-9-19-41(47)31-35-51(57)55(45-23-5-3-6-24-45)52-36-32-42-20-10-14-28-48(42)58(52)61)2-18-40-62-59-49-29-15-11-21-43(49)33-37-53(59)56(46-25-7-4-8-26-46)54-38-34-44-22-12-16-30-50(44)60(54)62;2*2-1(3,4)8(5,6)7/h3-16,19-30H,1-2,17-18,31-40H2;2*(H,5,6,7)/q+2;;/p-2. The molecule has 4 aliphatic carbocycles. The zero-order valence-corrected chi connectivity index (χ0v) is 44.0. The van der Waals surface area contributed by atoms with Crippen LogP contribution in [-0.4, -0.2) is 37.0 Å². The van der Waals surface area contributed by atoms with Crippen LogP contribution in [0, 0.1) is 0 Å². The highest BCUT2D eigenvalue weighted by Gasteiger charge is 2.41. The number of hydrogen-bond acceptors (Lipinski definition) is 6. The van der Waals surface area contributed by atoms with Crippen LogP contribution in [0.1, 0.15) is 70.2 Å². The largest absolute Gasteiger partial charge is 0.741 e.